The van der Waals surface area contributed by atoms with Crippen LogP contribution in [0.1, 0.15) is 35.2 Å². The van der Waals surface area contributed by atoms with Crippen LogP contribution >= 0.6 is 0 Å². The SMILES string of the molecule is O=C(Nc1ccc(N2CCCCC2)cc1)c1ccc(N2CCc3ccccc32)nc1. The summed E-state index contributed by atoms with van der Waals surface area (Å²) in [5.74, 6) is 0.740. The van der Waals surface area contributed by atoms with Gasteiger partial charge in [-0.15, -0.1) is 0 Å². The Morgan fingerprint density at radius 1 is 0.867 bits per heavy atom. The maximum absolute atomic E-state index is 12.7. The largest absolute Gasteiger partial charge is 0.372 e. The number of rotatable bonds is 4. The van der Waals surface area contributed by atoms with Crippen molar-refractivity contribution in [1.29, 1.82) is 0 Å². The molecule has 3 aromatic rings. The predicted octanol–water partition coefficient (Wildman–Crippen LogP) is 5.02. The number of aromatic nitrogens is 1. The van der Waals surface area contributed by atoms with E-state index in [0.29, 0.717) is 5.56 Å². The number of piperidine rings is 1. The Morgan fingerprint density at radius 3 is 2.43 bits per heavy atom. The highest BCUT2D eigenvalue weighted by atomic mass is 16.1. The Kier molecular flexibility index (Phi) is 5.10. The van der Waals surface area contributed by atoms with E-state index in [0.717, 1.165) is 37.6 Å². The van der Waals surface area contributed by atoms with Crippen LogP contribution < -0.4 is 15.1 Å². The smallest absolute Gasteiger partial charge is 0.257 e. The van der Waals surface area contributed by atoms with E-state index in [2.05, 4.69) is 56.5 Å². The molecule has 2 aliphatic rings. The third-order valence-electron chi connectivity index (χ3n) is 6.02. The van der Waals surface area contributed by atoms with Gasteiger partial charge in [-0.1, -0.05) is 18.2 Å². The first-order chi connectivity index (χ1) is 14.8. The number of anilines is 4. The Hall–Kier alpha value is -3.34. The van der Waals surface area contributed by atoms with Crippen LogP contribution in [0.25, 0.3) is 0 Å². The summed E-state index contributed by atoms with van der Waals surface area (Å²) in [7, 11) is 0. The van der Waals surface area contributed by atoms with Gasteiger partial charge in [-0.25, -0.2) is 4.98 Å². The summed E-state index contributed by atoms with van der Waals surface area (Å²) >= 11 is 0. The number of amides is 1. The van der Waals surface area contributed by atoms with Crippen LogP contribution in [0.3, 0.4) is 0 Å². The number of para-hydroxylation sites is 1. The van der Waals surface area contributed by atoms with Crippen molar-refractivity contribution in [2.45, 2.75) is 25.7 Å². The van der Waals surface area contributed by atoms with Crippen molar-refractivity contribution in [2.75, 3.05) is 34.8 Å². The summed E-state index contributed by atoms with van der Waals surface area (Å²) < 4.78 is 0. The number of nitrogens with zero attached hydrogens (tertiary/aromatic N) is 3. The van der Waals surface area contributed by atoms with Gasteiger partial charge >= 0.3 is 0 Å². The molecule has 30 heavy (non-hydrogen) atoms. The third-order valence-corrected chi connectivity index (χ3v) is 6.02. The summed E-state index contributed by atoms with van der Waals surface area (Å²) in [6, 6.07) is 20.3. The van der Waals surface area contributed by atoms with Gasteiger partial charge in [0.05, 0.1) is 5.56 Å². The fraction of sp³-hybridized carbons (Fsp3) is 0.280. The molecule has 0 aliphatic carbocycles. The zero-order chi connectivity index (χ0) is 20.3. The lowest BCUT2D eigenvalue weighted by Gasteiger charge is -2.28. The lowest BCUT2D eigenvalue weighted by Crippen LogP contribution is -2.29. The molecule has 0 radical (unpaired) electrons. The zero-order valence-corrected chi connectivity index (χ0v) is 17.1. The fourth-order valence-corrected chi connectivity index (χ4v) is 4.37. The minimum absolute atomic E-state index is 0.137. The monoisotopic (exact) mass is 398 g/mol. The van der Waals surface area contributed by atoms with Gasteiger partial charge in [-0.3, -0.25) is 4.79 Å². The standard InChI is InChI=1S/C25H26N4O/c30-25(27-21-9-11-22(12-10-21)28-15-4-1-5-16-28)20-8-13-24(26-18-20)29-17-14-19-6-2-3-7-23(19)29/h2-3,6-13,18H,1,4-5,14-17H2,(H,27,30). The average molecular weight is 399 g/mol. The number of fused-ring (bicyclic) bond motifs is 1. The zero-order valence-electron chi connectivity index (χ0n) is 17.1. The number of carbonyl (C=O) groups excluding carboxylic acids is 1. The van der Waals surface area contributed by atoms with Gasteiger partial charge in [0.2, 0.25) is 0 Å². The van der Waals surface area contributed by atoms with E-state index in [1.807, 2.05) is 24.3 Å². The summed E-state index contributed by atoms with van der Waals surface area (Å²) in [4.78, 5) is 21.8. The second-order valence-electron chi connectivity index (χ2n) is 7.98. The van der Waals surface area contributed by atoms with Crippen LogP contribution in [0.15, 0.2) is 66.9 Å². The number of carbonyl (C=O) groups is 1. The quantitative estimate of drug-likeness (QED) is 0.670. The highest BCUT2D eigenvalue weighted by Crippen LogP contribution is 2.33. The highest BCUT2D eigenvalue weighted by molar-refractivity contribution is 6.04. The van der Waals surface area contributed by atoms with Crippen LogP contribution in [-0.4, -0.2) is 30.5 Å². The summed E-state index contributed by atoms with van der Waals surface area (Å²) in [5, 5.41) is 2.98. The first kappa shape index (κ1) is 18.7. The molecule has 2 aromatic carbocycles. The molecule has 0 bridgehead atoms. The van der Waals surface area contributed by atoms with Crippen LogP contribution in [0, 0.1) is 0 Å². The average Bonchev–Trinajstić information content (AvgIpc) is 3.24. The summed E-state index contributed by atoms with van der Waals surface area (Å²) in [6.07, 6.45) is 6.51. The minimum atomic E-state index is -0.137. The molecule has 5 heteroatoms. The third kappa shape index (κ3) is 3.75. The minimum Gasteiger partial charge on any atom is -0.372 e. The molecule has 5 rings (SSSR count). The van der Waals surface area contributed by atoms with Gasteiger partial charge in [-0.05, 0) is 73.7 Å². The van der Waals surface area contributed by atoms with E-state index in [-0.39, 0.29) is 5.91 Å². The van der Waals surface area contributed by atoms with E-state index in [1.165, 1.54) is 36.2 Å². The molecular formula is C25H26N4O. The first-order valence-electron chi connectivity index (χ1n) is 10.8. The molecule has 0 unspecified atom stereocenters. The van der Waals surface area contributed by atoms with E-state index >= 15 is 0 Å². The van der Waals surface area contributed by atoms with Gasteiger partial charge in [0.1, 0.15) is 5.82 Å². The number of nitrogens with one attached hydrogen (secondary N) is 1. The van der Waals surface area contributed by atoms with E-state index in [1.54, 1.807) is 6.20 Å². The van der Waals surface area contributed by atoms with Gasteiger partial charge in [0.15, 0.2) is 0 Å². The second kappa shape index (κ2) is 8.19. The number of benzene rings is 2. The molecule has 1 N–H and O–H groups in total. The van der Waals surface area contributed by atoms with E-state index < -0.39 is 0 Å². The Morgan fingerprint density at radius 2 is 1.67 bits per heavy atom. The van der Waals surface area contributed by atoms with Crippen LogP contribution in [0.5, 0.6) is 0 Å². The molecule has 2 aliphatic heterocycles. The molecule has 152 valence electrons. The van der Waals surface area contributed by atoms with Gasteiger partial charge in [-0.2, -0.15) is 0 Å². The molecular weight excluding hydrogens is 372 g/mol. The highest BCUT2D eigenvalue weighted by Gasteiger charge is 2.21. The molecule has 0 saturated carbocycles. The molecule has 3 heterocycles. The lowest BCUT2D eigenvalue weighted by atomic mass is 10.1. The van der Waals surface area contributed by atoms with E-state index in [4.69, 9.17) is 0 Å². The van der Waals surface area contributed by atoms with Crippen molar-refractivity contribution in [1.82, 2.24) is 4.98 Å². The Bertz CT molecular complexity index is 1020. The number of pyridine rings is 1. The van der Waals surface area contributed by atoms with Crippen molar-refractivity contribution in [3.05, 3.63) is 78.0 Å². The molecule has 0 atom stereocenters. The van der Waals surface area contributed by atoms with Crippen molar-refractivity contribution in [3.8, 4) is 0 Å². The Labute approximate surface area is 177 Å². The summed E-state index contributed by atoms with van der Waals surface area (Å²) in [5.41, 5.74) is 5.14. The van der Waals surface area contributed by atoms with Crippen molar-refractivity contribution >= 4 is 28.8 Å². The normalized spacial score (nSPS) is 15.7. The maximum atomic E-state index is 12.7. The molecule has 5 nitrogen and oxygen atoms in total. The molecule has 1 amide bonds. The van der Waals surface area contributed by atoms with Crippen molar-refractivity contribution in [3.63, 3.8) is 0 Å². The lowest BCUT2D eigenvalue weighted by molar-refractivity contribution is 0.102. The maximum Gasteiger partial charge on any atom is 0.257 e. The second-order valence-corrected chi connectivity index (χ2v) is 7.98. The Balaban J connectivity index is 1.24. The number of hydrogen-bond donors (Lipinski definition) is 1. The van der Waals surface area contributed by atoms with E-state index in [9.17, 15) is 4.79 Å². The van der Waals surface area contributed by atoms with Crippen molar-refractivity contribution < 1.29 is 4.79 Å². The van der Waals surface area contributed by atoms with Crippen LogP contribution in [-0.2, 0) is 6.42 Å². The molecule has 1 fully saturated rings. The fourth-order valence-electron chi connectivity index (χ4n) is 4.37. The van der Waals surface area contributed by atoms with Gasteiger partial charge in [0, 0.05) is 42.9 Å². The molecule has 1 saturated heterocycles. The summed E-state index contributed by atoms with van der Waals surface area (Å²) in [6.45, 7) is 3.15. The van der Waals surface area contributed by atoms with Crippen molar-refractivity contribution in [2.24, 2.45) is 0 Å². The topological polar surface area (TPSA) is 48.5 Å². The van der Waals surface area contributed by atoms with Crippen LogP contribution in [0.2, 0.25) is 0 Å². The molecule has 1 aromatic heterocycles. The van der Waals surface area contributed by atoms with Gasteiger partial charge < -0.3 is 15.1 Å². The van der Waals surface area contributed by atoms with Crippen LogP contribution in [0.4, 0.5) is 22.9 Å². The first-order valence-corrected chi connectivity index (χ1v) is 10.8. The number of hydrogen-bond acceptors (Lipinski definition) is 4. The van der Waals surface area contributed by atoms with Gasteiger partial charge in [0.25, 0.3) is 5.91 Å². The molecule has 0 spiro atoms. The predicted molar refractivity (Wildman–Crippen MR) is 122 cm³/mol.